The summed E-state index contributed by atoms with van der Waals surface area (Å²) >= 11 is 0. The van der Waals surface area contributed by atoms with Gasteiger partial charge < -0.3 is 8.85 Å². The van der Waals surface area contributed by atoms with Crippen molar-refractivity contribution in [1.29, 1.82) is 0 Å². The van der Waals surface area contributed by atoms with Crippen molar-refractivity contribution in [2.75, 3.05) is 14.2 Å². The van der Waals surface area contributed by atoms with Crippen LogP contribution in [-0.2, 0) is 8.85 Å². The van der Waals surface area contributed by atoms with E-state index in [0.717, 1.165) is 0 Å². The van der Waals surface area contributed by atoms with Crippen molar-refractivity contribution in [2.45, 2.75) is 39.7 Å². The first-order valence-corrected chi connectivity index (χ1v) is 6.85. The Morgan fingerprint density at radius 1 is 0.867 bits per heavy atom. The molecule has 0 aromatic carbocycles. The van der Waals surface area contributed by atoms with Crippen molar-refractivity contribution in [3.05, 3.63) is 22.3 Å². The van der Waals surface area contributed by atoms with E-state index in [1.54, 1.807) is 14.2 Å². The summed E-state index contributed by atoms with van der Waals surface area (Å²) < 4.78 is 11.1. The molecule has 2 nitrogen and oxygen atoms in total. The van der Waals surface area contributed by atoms with Gasteiger partial charge in [0.1, 0.15) is 0 Å². The molecule has 1 aliphatic rings. The fourth-order valence-electron chi connectivity index (χ4n) is 2.54. The van der Waals surface area contributed by atoms with Crippen LogP contribution in [0, 0.1) is 0 Å². The lowest BCUT2D eigenvalue weighted by Crippen LogP contribution is -2.35. The van der Waals surface area contributed by atoms with Gasteiger partial charge in [0, 0.05) is 14.2 Å². The zero-order valence-electron chi connectivity index (χ0n) is 10.9. The fraction of sp³-hybridized carbons (Fsp3) is 0.667. The monoisotopic (exact) mass is 226 g/mol. The molecule has 0 amide bonds. The molecule has 86 valence electrons. The summed E-state index contributed by atoms with van der Waals surface area (Å²) in [6, 6.07) is 0. The lowest BCUT2D eigenvalue weighted by molar-refractivity contribution is 0.259. The van der Waals surface area contributed by atoms with E-state index in [2.05, 4.69) is 34.6 Å². The van der Waals surface area contributed by atoms with Crippen LogP contribution in [-0.4, -0.2) is 23.5 Å². The van der Waals surface area contributed by atoms with Gasteiger partial charge in [0.25, 0.3) is 0 Å². The topological polar surface area (TPSA) is 18.5 Å². The Balaban J connectivity index is 3.26. The molecule has 1 rings (SSSR count). The molecule has 0 saturated carbocycles. The van der Waals surface area contributed by atoms with E-state index in [9.17, 15) is 0 Å². The van der Waals surface area contributed by atoms with Crippen LogP contribution in [0.3, 0.4) is 0 Å². The van der Waals surface area contributed by atoms with E-state index in [0.29, 0.717) is 0 Å². The maximum Gasteiger partial charge on any atom is 0.335 e. The zero-order chi connectivity index (χ0) is 11.8. The van der Waals surface area contributed by atoms with Crippen LogP contribution in [0.1, 0.15) is 34.6 Å². The smallest absolute Gasteiger partial charge is 0.335 e. The highest BCUT2D eigenvalue weighted by atomic mass is 28.3. The Kier molecular flexibility index (Phi) is 3.58. The molecule has 0 radical (unpaired) electrons. The van der Waals surface area contributed by atoms with Crippen molar-refractivity contribution in [3.63, 3.8) is 0 Å². The van der Waals surface area contributed by atoms with E-state index in [1.165, 1.54) is 22.3 Å². The molecule has 0 spiro atoms. The highest BCUT2D eigenvalue weighted by Gasteiger charge is 2.45. The summed E-state index contributed by atoms with van der Waals surface area (Å²) in [6.07, 6.45) is 0. The lowest BCUT2D eigenvalue weighted by Gasteiger charge is -2.33. The van der Waals surface area contributed by atoms with E-state index < -0.39 is 9.28 Å². The second kappa shape index (κ2) is 4.24. The average molecular weight is 226 g/mol. The van der Waals surface area contributed by atoms with Gasteiger partial charge in [0.2, 0.25) is 0 Å². The number of hydrogen-bond donors (Lipinski definition) is 0. The third kappa shape index (κ3) is 1.63. The molecule has 0 saturated heterocycles. The molecule has 0 heterocycles. The van der Waals surface area contributed by atoms with Gasteiger partial charge in [0.05, 0.1) is 5.04 Å². The lowest BCUT2D eigenvalue weighted by atomic mass is 9.98. The average Bonchev–Trinajstić information content (AvgIpc) is 2.37. The largest absolute Gasteiger partial charge is 0.399 e. The van der Waals surface area contributed by atoms with Gasteiger partial charge in [-0.1, -0.05) is 18.1 Å². The standard InChI is InChI=1S/C12H22O2Si/c1-8-9(2)11(4)12(5,10(8)3)15(13-6)14-7/h15H,1-7H3. The van der Waals surface area contributed by atoms with E-state index in [4.69, 9.17) is 8.85 Å². The van der Waals surface area contributed by atoms with Crippen molar-refractivity contribution in [3.8, 4) is 0 Å². The summed E-state index contributed by atoms with van der Waals surface area (Å²) in [4.78, 5) is 0. The van der Waals surface area contributed by atoms with Crippen molar-refractivity contribution < 1.29 is 8.85 Å². The summed E-state index contributed by atoms with van der Waals surface area (Å²) in [6.45, 7) is 11.0. The van der Waals surface area contributed by atoms with E-state index in [-0.39, 0.29) is 5.04 Å². The number of rotatable bonds is 3. The third-order valence-corrected chi connectivity index (χ3v) is 6.81. The van der Waals surface area contributed by atoms with Crippen molar-refractivity contribution in [1.82, 2.24) is 0 Å². The summed E-state index contributed by atoms with van der Waals surface area (Å²) in [5.41, 5.74) is 5.64. The Bertz CT molecular complexity index is 301. The zero-order valence-corrected chi connectivity index (χ0v) is 12.0. The molecule has 3 heteroatoms. The normalized spacial score (nSPS) is 20.8. The van der Waals surface area contributed by atoms with Crippen LogP contribution in [0.4, 0.5) is 0 Å². The molecule has 0 bridgehead atoms. The minimum absolute atomic E-state index is 0.0255. The molecule has 0 atom stereocenters. The fourth-order valence-corrected chi connectivity index (χ4v) is 4.82. The summed E-state index contributed by atoms with van der Waals surface area (Å²) in [7, 11) is 1.85. The molecular weight excluding hydrogens is 204 g/mol. The maximum atomic E-state index is 5.57. The van der Waals surface area contributed by atoms with Crippen LogP contribution in [0.15, 0.2) is 22.3 Å². The maximum absolute atomic E-state index is 5.57. The molecule has 0 N–H and O–H groups in total. The predicted molar refractivity (Wildman–Crippen MR) is 66.3 cm³/mol. The third-order valence-electron chi connectivity index (χ3n) is 4.15. The molecule has 15 heavy (non-hydrogen) atoms. The molecule has 0 aromatic heterocycles. The van der Waals surface area contributed by atoms with E-state index >= 15 is 0 Å². The highest BCUT2D eigenvalue weighted by Crippen LogP contribution is 2.54. The second-order valence-electron chi connectivity index (χ2n) is 4.51. The summed E-state index contributed by atoms with van der Waals surface area (Å²) in [5.74, 6) is 0. The molecule has 0 aliphatic heterocycles. The van der Waals surface area contributed by atoms with Crippen LogP contribution in [0.25, 0.3) is 0 Å². The van der Waals surface area contributed by atoms with Gasteiger partial charge in [-0.05, 0) is 38.8 Å². The first-order chi connectivity index (χ1) is 6.91. The molecule has 0 aromatic rings. The van der Waals surface area contributed by atoms with Gasteiger partial charge in [-0.3, -0.25) is 0 Å². The SMILES string of the molecule is CO[SiH](OC)C1(C)C(C)=C(C)C(C)=C1C. The van der Waals surface area contributed by atoms with Crippen LogP contribution >= 0.6 is 0 Å². The van der Waals surface area contributed by atoms with Gasteiger partial charge in [-0.15, -0.1) is 0 Å². The van der Waals surface area contributed by atoms with Crippen molar-refractivity contribution >= 4 is 9.28 Å². The Morgan fingerprint density at radius 2 is 1.20 bits per heavy atom. The minimum Gasteiger partial charge on any atom is -0.399 e. The quantitative estimate of drug-likeness (QED) is 0.689. The highest BCUT2D eigenvalue weighted by molar-refractivity contribution is 6.51. The number of allylic oxidation sites excluding steroid dienone is 4. The Labute approximate surface area is 94.8 Å². The first kappa shape index (κ1) is 12.7. The van der Waals surface area contributed by atoms with Gasteiger partial charge in [0.15, 0.2) is 0 Å². The van der Waals surface area contributed by atoms with Crippen LogP contribution in [0.5, 0.6) is 0 Å². The minimum atomic E-state index is -1.67. The van der Waals surface area contributed by atoms with Crippen molar-refractivity contribution in [2.24, 2.45) is 0 Å². The second-order valence-corrected chi connectivity index (χ2v) is 7.27. The predicted octanol–water partition coefficient (Wildman–Crippen LogP) is 2.95. The molecule has 0 fully saturated rings. The van der Waals surface area contributed by atoms with Gasteiger partial charge >= 0.3 is 9.28 Å². The molecule has 1 aliphatic carbocycles. The van der Waals surface area contributed by atoms with E-state index in [1.807, 2.05) is 0 Å². The first-order valence-electron chi connectivity index (χ1n) is 5.33. The summed E-state index contributed by atoms with van der Waals surface area (Å²) in [5, 5.41) is 0.0255. The Hall–Kier alpha value is -0.383. The Morgan fingerprint density at radius 3 is 1.47 bits per heavy atom. The van der Waals surface area contributed by atoms with Gasteiger partial charge in [-0.2, -0.15) is 0 Å². The molecule has 0 unspecified atom stereocenters. The number of hydrogen-bond acceptors (Lipinski definition) is 2. The van der Waals surface area contributed by atoms with Crippen LogP contribution < -0.4 is 0 Å². The van der Waals surface area contributed by atoms with Gasteiger partial charge in [-0.25, -0.2) is 0 Å². The van der Waals surface area contributed by atoms with Crippen LogP contribution in [0.2, 0.25) is 5.04 Å². The molecular formula is C12H22O2Si.